The zero-order valence-corrected chi connectivity index (χ0v) is 10.3. The van der Waals surface area contributed by atoms with E-state index in [0.717, 1.165) is 41.0 Å². The average Bonchev–Trinajstić information content (AvgIpc) is 2.74. The quantitative estimate of drug-likeness (QED) is 0.872. The Hall–Kier alpha value is -1.13. The molecule has 1 N–H and O–H groups in total. The summed E-state index contributed by atoms with van der Waals surface area (Å²) in [7, 11) is 0. The van der Waals surface area contributed by atoms with Crippen molar-refractivity contribution in [3.05, 3.63) is 40.1 Å². The molecule has 16 heavy (non-hydrogen) atoms. The van der Waals surface area contributed by atoms with Crippen molar-refractivity contribution < 1.29 is 4.52 Å². The fourth-order valence-corrected chi connectivity index (χ4v) is 2.49. The lowest BCUT2D eigenvalue weighted by Gasteiger charge is -2.11. The summed E-state index contributed by atoms with van der Waals surface area (Å²) in [4.78, 5) is 0. The molecule has 1 aliphatic heterocycles. The van der Waals surface area contributed by atoms with Crippen molar-refractivity contribution in [2.24, 2.45) is 0 Å². The van der Waals surface area contributed by atoms with Gasteiger partial charge in [0.15, 0.2) is 5.76 Å². The minimum atomic E-state index is 0.785. The van der Waals surface area contributed by atoms with Gasteiger partial charge in [0.25, 0.3) is 0 Å². The Labute approximate surface area is 102 Å². The standard InChI is InChI=1S/C12H11BrN2O/c13-10-4-2-1-3-8(10)12-9-5-6-14-7-11(9)16-15-12/h1-4,14H,5-7H2. The van der Waals surface area contributed by atoms with E-state index in [9.17, 15) is 0 Å². The fraction of sp³-hybridized carbons (Fsp3) is 0.250. The topological polar surface area (TPSA) is 38.1 Å². The molecular formula is C12H11BrN2O. The molecule has 1 aliphatic rings. The zero-order valence-electron chi connectivity index (χ0n) is 8.66. The van der Waals surface area contributed by atoms with E-state index in [1.165, 1.54) is 5.56 Å². The van der Waals surface area contributed by atoms with Crippen LogP contribution >= 0.6 is 15.9 Å². The Morgan fingerprint density at radius 1 is 1.31 bits per heavy atom. The lowest BCUT2D eigenvalue weighted by atomic mass is 10.0. The van der Waals surface area contributed by atoms with Crippen LogP contribution in [0.2, 0.25) is 0 Å². The molecule has 0 saturated heterocycles. The first-order valence-corrected chi connectivity index (χ1v) is 6.08. The van der Waals surface area contributed by atoms with Crippen LogP contribution in [0.1, 0.15) is 11.3 Å². The van der Waals surface area contributed by atoms with Crippen molar-refractivity contribution in [3.8, 4) is 11.3 Å². The molecular weight excluding hydrogens is 268 g/mol. The van der Waals surface area contributed by atoms with Crippen molar-refractivity contribution in [3.63, 3.8) is 0 Å². The molecule has 0 saturated carbocycles. The van der Waals surface area contributed by atoms with Gasteiger partial charge in [0.2, 0.25) is 0 Å². The van der Waals surface area contributed by atoms with Crippen LogP contribution in [0, 0.1) is 0 Å². The van der Waals surface area contributed by atoms with E-state index in [2.05, 4.69) is 32.5 Å². The van der Waals surface area contributed by atoms with E-state index >= 15 is 0 Å². The first-order chi connectivity index (χ1) is 7.86. The van der Waals surface area contributed by atoms with Crippen LogP contribution in [0.5, 0.6) is 0 Å². The lowest BCUT2D eigenvalue weighted by molar-refractivity contribution is 0.367. The molecule has 82 valence electrons. The molecule has 0 aliphatic carbocycles. The van der Waals surface area contributed by atoms with E-state index in [0.29, 0.717) is 0 Å². The second kappa shape index (κ2) is 4.03. The summed E-state index contributed by atoms with van der Waals surface area (Å²) in [5.74, 6) is 0.969. The van der Waals surface area contributed by atoms with Gasteiger partial charge in [-0.15, -0.1) is 0 Å². The molecule has 0 atom stereocenters. The van der Waals surface area contributed by atoms with Crippen molar-refractivity contribution in [2.75, 3.05) is 6.54 Å². The highest BCUT2D eigenvalue weighted by Crippen LogP contribution is 2.32. The smallest absolute Gasteiger partial charge is 0.154 e. The van der Waals surface area contributed by atoms with Gasteiger partial charge in [-0.1, -0.05) is 39.3 Å². The van der Waals surface area contributed by atoms with Crippen molar-refractivity contribution >= 4 is 15.9 Å². The summed E-state index contributed by atoms with van der Waals surface area (Å²) < 4.78 is 6.42. The molecule has 3 rings (SSSR count). The Kier molecular flexibility index (Phi) is 2.53. The first-order valence-electron chi connectivity index (χ1n) is 5.29. The summed E-state index contributed by atoms with van der Waals surface area (Å²) in [5.41, 5.74) is 3.32. The number of hydrogen-bond acceptors (Lipinski definition) is 3. The Morgan fingerprint density at radius 2 is 2.19 bits per heavy atom. The molecule has 0 spiro atoms. The normalized spacial score (nSPS) is 14.8. The van der Waals surface area contributed by atoms with Gasteiger partial charge in [0, 0.05) is 15.6 Å². The molecule has 3 nitrogen and oxygen atoms in total. The van der Waals surface area contributed by atoms with Crippen LogP contribution < -0.4 is 5.32 Å². The van der Waals surface area contributed by atoms with Gasteiger partial charge in [0.1, 0.15) is 5.69 Å². The van der Waals surface area contributed by atoms with Crippen LogP contribution in [-0.4, -0.2) is 11.7 Å². The number of halogens is 1. The highest BCUT2D eigenvalue weighted by atomic mass is 79.9. The molecule has 0 unspecified atom stereocenters. The number of aromatic nitrogens is 1. The Morgan fingerprint density at radius 3 is 3.06 bits per heavy atom. The summed E-state index contributed by atoms with van der Waals surface area (Å²) in [6.07, 6.45) is 0.982. The van der Waals surface area contributed by atoms with Crippen molar-refractivity contribution in [1.82, 2.24) is 10.5 Å². The van der Waals surface area contributed by atoms with E-state index in [-0.39, 0.29) is 0 Å². The van der Waals surface area contributed by atoms with Gasteiger partial charge >= 0.3 is 0 Å². The molecule has 1 aromatic heterocycles. The number of nitrogens with zero attached hydrogens (tertiary/aromatic N) is 1. The summed E-state index contributed by atoms with van der Waals surface area (Å²) in [5, 5.41) is 7.46. The van der Waals surface area contributed by atoms with Crippen LogP contribution in [0.25, 0.3) is 11.3 Å². The number of benzene rings is 1. The second-order valence-electron chi connectivity index (χ2n) is 3.84. The molecule has 2 aromatic rings. The van der Waals surface area contributed by atoms with Crippen LogP contribution in [0.4, 0.5) is 0 Å². The molecule has 0 bridgehead atoms. The maximum Gasteiger partial charge on any atom is 0.154 e. The van der Waals surface area contributed by atoms with Gasteiger partial charge < -0.3 is 9.84 Å². The predicted molar refractivity (Wildman–Crippen MR) is 65.0 cm³/mol. The maximum absolute atomic E-state index is 5.36. The summed E-state index contributed by atoms with van der Waals surface area (Å²) >= 11 is 3.55. The van der Waals surface area contributed by atoms with Gasteiger partial charge in [-0.2, -0.15) is 0 Å². The van der Waals surface area contributed by atoms with E-state index in [1.807, 2.05) is 18.2 Å². The number of rotatable bonds is 1. The third-order valence-corrected chi connectivity index (χ3v) is 3.53. The average molecular weight is 279 g/mol. The van der Waals surface area contributed by atoms with Crippen molar-refractivity contribution in [2.45, 2.75) is 13.0 Å². The predicted octanol–water partition coefficient (Wildman–Crippen LogP) is 2.75. The Balaban J connectivity index is 2.13. The molecule has 0 radical (unpaired) electrons. The monoisotopic (exact) mass is 278 g/mol. The summed E-state index contributed by atoms with van der Waals surface area (Å²) in [6.45, 7) is 1.78. The second-order valence-corrected chi connectivity index (χ2v) is 4.69. The van der Waals surface area contributed by atoms with Crippen LogP contribution in [0.3, 0.4) is 0 Å². The van der Waals surface area contributed by atoms with Gasteiger partial charge in [-0.3, -0.25) is 0 Å². The zero-order chi connectivity index (χ0) is 11.0. The van der Waals surface area contributed by atoms with Gasteiger partial charge in [-0.05, 0) is 19.0 Å². The van der Waals surface area contributed by atoms with Crippen LogP contribution in [-0.2, 0) is 13.0 Å². The highest BCUT2D eigenvalue weighted by Gasteiger charge is 2.20. The number of nitrogens with one attached hydrogen (secondary N) is 1. The van der Waals surface area contributed by atoms with Crippen LogP contribution in [0.15, 0.2) is 33.3 Å². The Bertz CT molecular complexity index is 521. The first kappa shape index (κ1) is 10.1. The van der Waals surface area contributed by atoms with Crippen molar-refractivity contribution in [1.29, 1.82) is 0 Å². The van der Waals surface area contributed by atoms with E-state index in [1.54, 1.807) is 0 Å². The number of hydrogen-bond donors (Lipinski definition) is 1. The fourth-order valence-electron chi connectivity index (χ4n) is 2.02. The van der Waals surface area contributed by atoms with E-state index in [4.69, 9.17) is 4.52 Å². The number of fused-ring (bicyclic) bond motifs is 1. The minimum Gasteiger partial charge on any atom is -0.359 e. The minimum absolute atomic E-state index is 0.785. The summed E-state index contributed by atoms with van der Waals surface area (Å²) in [6, 6.07) is 8.10. The molecule has 2 heterocycles. The maximum atomic E-state index is 5.36. The molecule has 0 fully saturated rings. The molecule has 4 heteroatoms. The van der Waals surface area contributed by atoms with Gasteiger partial charge in [0.05, 0.1) is 6.54 Å². The lowest BCUT2D eigenvalue weighted by Crippen LogP contribution is -2.22. The van der Waals surface area contributed by atoms with E-state index < -0.39 is 0 Å². The highest BCUT2D eigenvalue weighted by molar-refractivity contribution is 9.10. The third kappa shape index (κ3) is 1.58. The largest absolute Gasteiger partial charge is 0.359 e. The molecule has 0 amide bonds. The molecule has 1 aromatic carbocycles. The van der Waals surface area contributed by atoms with Gasteiger partial charge in [-0.25, -0.2) is 0 Å². The third-order valence-electron chi connectivity index (χ3n) is 2.84. The SMILES string of the molecule is Brc1ccccc1-c1noc2c1CCNC2.